The molecule has 2 N–H and O–H groups in total. The van der Waals surface area contributed by atoms with Gasteiger partial charge in [-0.1, -0.05) is 0 Å². The van der Waals surface area contributed by atoms with Crippen molar-refractivity contribution in [3.63, 3.8) is 0 Å². The maximum Gasteiger partial charge on any atom is 0.310 e. The second kappa shape index (κ2) is 3.02. The Labute approximate surface area is 82.9 Å². The SMILES string of the molecule is O=C(O)C1CNc2c(Br)cnn2C1. The summed E-state index contributed by atoms with van der Waals surface area (Å²) in [6.45, 7) is 0.892. The molecule has 0 bridgehead atoms. The highest BCUT2D eigenvalue weighted by atomic mass is 79.9. The summed E-state index contributed by atoms with van der Waals surface area (Å²) in [5, 5.41) is 15.8. The van der Waals surface area contributed by atoms with Crippen LogP contribution in [0, 0.1) is 5.92 Å². The number of hydrogen-bond donors (Lipinski definition) is 2. The number of rotatable bonds is 1. The smallest absolute Gasteiger partial charge is 0.310 e. The highest BCUT2D eigenvalue weighted by Crippen LogP contribution is 2.25. The summed E-state index contributed by atoms with van der Waals surface area (Å²) < 4.78 is 2.53. The first-order valence-electron chi connectivity index (χ1n) is 3.86. The molecule has 6 heteroatoms. The zero-order valence-electron chi connectivity index (χ0n) is 6.70. The van der Waals surface area contributed by atoms with Crippen molar-refractivity contribution in [1.82, 2.24) is 9.78 Å². The van der Waals surface area contributed by atoms with E-state index in [-0.39, 0.29) is 5.92 Å². The average Bonchev–Trinajstić information content (AvgIpc) is 2.47. The Morgan fingerprint density at radius 2 is 2.62 bits per heavy atom. The van der Waals surface area contributed by atoms with Crippen LogP contribution in [0.25, 0.3) is 0 Å². The van der Waals surface area contributed by atoms with Crippen molar-refractivity contribution in [3.8, 4) is 0 Å². The summed E-state index contributed by atoms with van der Waals surface area (Å²) in [4.78, 5) is 10.7. The Balaban J connectivity index is 2.25. The molecule has 0 fully saturated rings. The molecule has 5 nitrogen and oxygen atoms in total. The van der Waals surface area contributed by atoms with Gasteiger partial charge in [0.1, 0.15) is 5.82 Å². The van der Waals surface area contributed by atoms with Gasteiger partial charge in [-0.05, 0) is 15.9 Å². The molecule has 0 saturated heterocycles. The van der Waals surface area contributed by atoms with Gasteiger partial charge >= 0.3 is 5.97 Å². The molecule has 1 aliphatic rings. The lowest BCUT2D eigenvalue weighted by atomic mass is 10.1. The number of aromatic nitrogens is 2. The number of nitrogens with one attached hydrogen (secondary N) is 1. The van der Waals surface area contributed by atoms with Crippen LogP contribution in [0.4, 0.5) is 5.82 Å². The zero-order chi connectivity index (χ0) is 9.42. The minimum Gasteiger partial charge on any atom is -0.481 e. The van der Waals surface area contributed by atoms with Gasteiger partial charge in [-0.2, -0.15) is 5.10 Å². The first-order valence-corrected chi connectivity index (χ1v) is 4.66. The fourth-order valence-electron chi connectivity index (χ4n) is 1.34. The van der Waals surface area contributed by atoms with Crippen LogP contribution in [0.5, 0.6) is 0 Å². The molecular formula is C7H8BrN3O2. The van der Waals surface area contributed by atoms with Crippen LogP contribution in [0.3, 0.4) is 0 Å². The van der Waals surface area contributed by atoms with Crippen molar-refractivity contribution < 1.29 is 9.90 Å². The van der Waals surface area contributed by atoms with E-state index in [2.05, 4.69) is 26.3 Å². The number of fused-ring (bicyclic) bond motifs is 1. The molecule has 1 atom stereocenters. The van der Waals surface area contributed by atoms with E-state index in [0.29, 0.717) is 13.1 Å². The molecule has 1 aromatic rings. The third kappa shape index (κ3) is 1.41. The van der Waals surface area contributed by atoms with E-state index in [1.54, 1.807) is 10.9 Å². The predicted molar refractivity (Wildman–Crippen MR) is 49.5 cm³/mol. The number of hydrogen-bond acceptors (Lipinski definition) is 3. The van der Waals surface area contributed by atoms with Crippen molar-refractivity contribution >= 4 is 27.7 Å². The van der Waals surface area contributed by atoms with Crippen molar-refractivity contribution in [2.75, 3.05) is 11.9 Å². The van der Waals surface area contributed by atoms with E-state index in [9.17, 15) is 4.79 Å². The summed E-state index contributed by atoms with van der Waals surface area (Å²) in [6, 6.07) is 0. The molecule has 13 heavy (non-hydrogen) atoms. The Hall–Kier alpha value is -1.04. The molecule has 0 aromatic carbocycles. The summed E-state index contributed by atoms with van der Waals surface area (Å²) in [5.41, 5.74) is 0. The molecule has 2 rings (SSSR count). The highest BCUT2D eigenvalue weighted by Gasteiger charge is 2.25. The van der Waals surface area contributed by atoms with Crippen LogP contribution >= 0.6 is 15.9 Å². The molecule has 0 saturated carbocycles. The standard InChI is InChI=1S/C7H8BrN3O2/c8-5-2-10-11-3-4(7(12)13)1-9-6(5)11/h2,4,9H,1,3H2,(H,12,13). The third-order valence-corrected chi connectivity index (χ3v) is 2.63. The lowest BCUT2D eigenvalue weighted by Crippen LogP contribution is -2.33. The second-order valence-corrected chi connectivity index (χ2v) is 3.79. The molecule has 70 valence electrons. The van der Waals surface area contributed by atoms with Crippen LogP contribution < -0.4 is 5.32 Å². The number of carboxylic acid groups (broad SMARTS) is 1. The van der Waals surface area contributed by atoms with E-state index < -0.39 is 5.97 Å². The third-order valence-electron chi connectivity index (χ3n) is 2.05. The summed E-state index contributed by atoms with van der Waals surface area (Å²) in [6.07, 6.45) is 1.66. The van der Waals surface area contributed by atoms with Crippen LogP contribution in [0.15, 0.2) is 10.7 Å². The Morgan fingerprint density at radius 3 is 3.31 bits per heavy atom. The van der Waals surface area contributed by atoms with Gasteiger partial charge in [-0.3, -0.25) is 4.79 Å². The Bertz CT molecular complexity index is 350. The van der Waals surface area contributed by atoms with Gasteiger partial charge in [0.25, 0.3) is 0 Å². The van der Waals surface area contributed by atoms with Crippen LogP contribution in [-0.4, -0.2) is 27.4 Å². The molecule has 0 spiro atoms. The number of nitrogens with zero attached hydrogens (tertiary/aromatic N) is 2. The first-order chi connectivity index (χ1) is 6.18. The lowest BCUT2D eigenvalue weighted by Gasteiger charge is -2.21. The Kier molecular flexibility index (Phi) is 1.99. The molecule has 2 heterocycles. The normalized spacial score (nSPS) is 20.5. The zero-order valence-corrected chi connectivity index (χ0v) is 8.28. The monoisotopic (exact) mass is 245 g/mol. The van der Waals surface area contributed by atoms with Gasteiger partial charge in [0.15, 0.2) is 0 Å². The van der Waals surface area contributed by atoms with E-state index >= 15 is 0 Å². The number of anilines is 1. The summed E-state index contributed by atoms with van der Waals surface area (Å²) in [5.74, 6) is -0.318. The van der Waals surface area contributed by atoms with Crippen molar-refractivity contribution in [2.45, 2.75) is 6.54 Å². The number of carboxylic acids is 1. The van der Waals surface area contributed by atoms with Gasteiger partial charge in [-0.25, -0.2) is 4.68 Å². The Morgan fingerprint density at radius 1 is 1.85 bits per heavy atom. The fraction of sp³-hybridized carbons (Fsp3) is 0.429. The van der Waals surface area contributed by atoms with E-state index in [1.165, 1.54) is 0 Å². The van der Waals surface area contributed by atoms with Crippen LogP contribution in [0.2, 0.25) is 0 Å². The van der Waals surface area contributed by atoms with Gasteiger partial charge in [0, 0.05) is 6.54 Å². The molecule has 1 aromatic heterocycles. The minimum atomic E-state index is -0.787. The molecule has 1 aliphatic heterocycles. The minimum absolute atomic E-state index is 0.390. The van der Waals surface area contributed by atoms with Crippen molar-refractivity contribution in [3.05, 3.63) is 10.7 Å². The number of carbonyl (C=O) groups is 1. The highest BCUT2D eigenvalue weighted by molar-refractivity contribution is 9.10. The summed E-state index contributed by atoms with van der Waals surface area (Å²) >= 11 is 3.32. The number of halogens is 1. The van der Waals surface area contributed by atoms with E-state index in [1.807, 2.05) is 0 Å². The molecular weight excluding hydrogens is 238 g/mol. The van der Waals surface area contributed by atoms with Crippen molar-refractivity contribution in [2.24, 2.45) is 5.92 Å². The molecule has 0 radical (unpaired) electrons. The van der Waals surface area contributed by atoms with Gasteiger partial charge in [-0.15, -0.1) is 0 Å². The van der Waals surface area contributed by atoms with Gasteiger partial charge in [0.05, 0.1) is 23.1 Å². The van der Waals surface area contributed by atoms with E-state index in [0.717, 1.165) is 10.3 Å². The topological polar surface area (TPSA) is 67.2 Å². The summed E-state index contributed by atoms with van der Waals surface area (Å²) in [7, 11) is 0. The number of aliphatic carboxylic acids is 1. The lowest BCUT2D eigenvalue weighted by molar-refractivity contribution is -0.141. The molecule has 1 unspecified atom stereocenters. The van der Waals surface area contributed by atoms with Crippen molar-refractivity contribution in [1.29, 1.82) is 0 Å². The maximum absolute atomic E-state index is 10.7. The van der Waals surface area contributed by atoms with Gasteiger partial charge < -0.3 is 10.4 Å². The van der Waals surface area contributed by atoms with Gasteiger partial charge in [0.2, 0.25) is 0 Å². The molecule has 0 aliphatic carbocycles. The predicted octanol–water partition coefficient (Wildman–Crippen LogP) is 0.772. The quantitative estimate of drug-likeness (QED) is 0.768. The van der Waals surface area contributed by atoms with Crippen LogP contribution in [-0.2, 0) is 11.3 Å². The first kappa shape index (κ1) is 8.55. The largest absolute Gasteiger partial charge is 0.481 e. The van der Waals surface area contributed by atoms with E-state index in [4.69, 9.17) is 5.11 Å². The molecule has 0 amide bonds. The fourth-order valence-corrected chi connectivity index (χ4v) is 1.77. The maximum atomic E-state index is 10.7. The second-order valence-electron chi connectivity index (χ2n) is 2.94. The average molecular weight is 246 g/mol. The van der Waals surface area contributed by atoms with Crippen LogP contribution in [0.1, 0.15) is 0 Å².